The van der Waals surface area contributed by atoms with Crippen LogP contribution < -0.4 is 11.3 Å². The molecule has 1 aliphatic carbocycles. The largest absolute Gasteiger partial charge is 0.271 e. The molecule has 1 aliphatic rings. The number of hydrazine groups is 1. The van der Waals surface area contributed by atoms with E-state index in [-0.39, 0.29) is 0 Å². The predicted octanol–water partition coefficient (Wildman–Crippen LogP) is 2.69. The van der Waals surface area contributed by atoms with Crippen LogP contribution in [0.2, 0.25) is 0 Å². The van der Waals surface area contributed by atoms with Crippen molar-refractivity contribution in [3.05, 3.63) is 0 Å². The number of nitrogens with two attached hydrogens (primary N) is 1. The molecule has 84 valence electrons. The molecule has 1 fully saturated rings. The van der Waals surface area contributed by atoms with Crippen LogP contribution in [0, 0.1) is 17.8 Å². The summed E-state index contributed by atoms with van der Waals surface area (Å²) in [5.41, 5.74) is 3.01. The normalized spacial score (nSPS) is 23.1. The van der Waals surface area contributed by atoms with Crippen molar-refractivity contribution < 1.29 is 0 Å². The van der Waals surface area contributed by atoms with Gasteiger partial charge in [0, 0.05) is 6.04 Å². The lowest BCUT2D eigenvalue weighted by Crippen LogP contribution is -2.41. The van der Waals surface area contributed by atoms with Gasteiger partial charge in [0.1, 0.15) is 0 Å². The Labute approximate surface area is 88.6 Å². The molecular weight excluding hydrogens is 172 g/mol. The fourth-order valence-corrected chi connectivity index (χ4v) is 2.43. The molecule has 3 atom stereocenters. The van der Waals surface area contributed by atoms with Crippen molar-refractivity contribution in [3.63, 3.8) is 0 Å². The van der Waals surface area contributed by atoms with Crippen LogP contribution in [0.4, 0.5) is 0 Å². The minimum atomic E-state index is 0.532. The van der Waals surface area contributed by atoms with Gasteiger partial charge in [-0.25, -0.2) is 0 Å². The Kier molecular flexibility index (Phi) is 4.90. The van der Waals surface area contributed by atoms with Crippen molar-refractivity contribution in [2.45, 2.75) is 58.9 Å². The van der Waals surface area contributed by atoms with E-state index in [2.05, 4.69) is 26.2 Å². The monoisotopic (exact) mass is 198 g/mol. The Morgan fingerprint density at radius 1 is 1.36 bits per heavy atom. The van der Waals surface area contributed by atoms with E-state index in [1.807, 2.05) is 0 Å². The van der Waals surface area contributed by atoms with Gasteiger partial charge in [0.15, 0.2) is 0 Å². The Hall–Kier alpha value is -0.0800. The summed E-state index contributed by atoms with van der Waals surface area (Å²) in [4.78, 5) is 0. The lowest BCUT2D eigenvalue weighted by atomic mass is 9.88. The summed E-state index contributed by atoms with van der Waals surface area (Å²) in [6.07, 6.45) is 6.69. The van der Waals surface area contributed by atoms with E-state index in [0.717, 1.165) is 17.8 Å². The van der Waals surface area contributed by atoms with E-state index in [0.29, 0.717) is 6.04 Å². The van der Waals surface area contributed by atoms with Crippen LogP contribution in [-0.4, -0.2) is 6.04 Å². The molecule has 1 rings (SSSR count). The molecule has 0 aromatic carbocycles. The Morgan fingerprint density at radius 2 is 2.00 bits per heavy atom. The van der Waals surface area contributed by atoms with Gasteiger partial charge in [0.2, 0.25) is 0 Å². The second-order valence-electron chi connectivity index (χ2n) is 5.10. The maximum atomic E-state index is 5.63. The van der Waals surface area contributed by atoms with Gasteiger partial charge < -0.3 is 0 Å². The van der Waals surface area contributed by atoms with Gasteiger partial charge >= 0.3 is 0 Å². The summed E-state index contributed by atoms with van der Waals surface area (Å²) in [7, 11) is 0. The zero-order chi connectivity index (χ0) is 10.6. The summed E-state index contributed by atoms with van der Waals surface area (Å²) < 4.78 is 0. The van der Waals surface area contributed by atoms with Crippen molar-refractivity contribution in [2.75, 3.05) is 0 Å². The van der Waals surface area contributed by atoms with Crippen LogP contribution in [0.3, 0.4) is 0 Å². The molecule has 0 saturated heterocycles. The molecule has 0 aromatic heterocycles. The summed E-state index contributed by atoms with van der Waals surface area (Å²) in [6.45, 7) is 6.94. The van der Waals surface area contributed by atoms with E-state index in [1.54, 1.807) is 0 Å². The fraction of sp³-hybridized carbons (Fsp3) is 1.00. The lowest BCUT2D eigenvalue weighted by Gasteiger charge is -2.25. The molecule has 2 nitrogen and oxygen atoms in total. The molecule has 0 aromatic rings. The average molecular weight is 198 g/mol. The molecule has 0 radical (unpaired) electrons. The van der Waals surface area contributed by atoms with Crippen LogP contribution in [0.1, 0.15) is 52.9 Å². The molecular formula is C12H26N2. The highest BCUT2D eigenvalue weighted by Crippen LogP contribution is 2.39. The SMILES string of the molecule is CCCC(C)CC(NN)C(C)C1CC1. The fourth-order valence-electron chi connectivity index (χ4n) is 2.43. The molecule has 3 unspecified atom stereocenters. The molecule has 1 saturated carbocycles. The average Bonchev–Trinajstić information content (AvgIpc) is 2.96. The van der Waals surface area contributed by atoms with Gasteiger partial charge in [-0.2, -0.15) is 0 Å². The van der Waals surface area contributed by atoms with E-state index in [9.17, 15) is 0 Å². The molecule has 3 N–H and O–H groups in total. The molecule has 14 heavy (non-hydrogen) atoms. The zero-order valence-electron chi connectivity index (χ0n) is 9.92. The smallest absolute Gasteiger partial charge is 0.0241 e. The highest BCUT2D eigenvalue weighted by atomic mass is 15.2. The molecule has 2 heteroatoms. The quantitative estimate of drug-likeness (QED) is 0.487. The molecule has 0 spiro atoms. The number of hydrogen-bond acceptors (Lipinski definition) is 2. The minimum Gasteiger partial charge on any atom is -0.271 e. The van der Waals surface area contributed by atoms with Gasteiger partial charge in [-0.3, -0.25) is 11.3 Å². The van der Waals surface area contributed by atoms with Crippen molar-refractivity contribution >= 4 is 0 Å². The molecule has 0 bridgehead atoms. The second kappa shape index (κ2) is 5.72. The van der Waals surface area contributed by atoms with Crippen molar-refractivity contribution in [2.24, 2.45) is 23.6 Å². The maximum absolute atomic E-state index is 5.63. The van der Waals surface area contributed by atoms with E-state index >= 15 is 0 Å². The first kappa shape index (κ1) is 12.0. The highest BCUT2D eigenvalue weighted by molar-refractivity contribution is 4.86. The third-order valence-electron chi connectivity index (χ3n) is 3.65. The van der Waals surface area contributed by atoms with Crippen molar-refractivity contribution in [3.8, 4) is 0 Å². The van der Waals surface area contributed by atoms with Gasteiger partial charge in [-0.05, 0) is 37.0 Å². The maximum Gasteiger partial charge on any atom is 0.0241 e. The number of rotatable bonds is 7. The van der Waals surface area contributed by atoms with Gasteiger partial charge in [-0.15, -0.1) is 0 Å². The number of hydrogen-bond donors (Lipinski definition) is 2. The predicted molar refractivity (Wildman–Crippen MR) is 61.7 cm³/mol. The highest BCUT2D eigenvalue weighted by Gasteiger charge is 2.33. The summed E-state index contributed by atoms with van der Waals surface area (Å²) in [6, 6.07) is 0.532. The lowest BCUT2D eigenvalue weighted by molar-refractivity contribution is 0.285. The zero-order valence-corrected chi connectivity index (χ0v) is 9.92. The Morgan fingerprint density at radius 3 is 2.43 bits per heavy atom. The topological polar surface area (TPSA) is 38.0 Å². The summed E-state index contributed by atoms with van der Waals surface area (Å²) >= 11 is 0. The molecule has 0 aliphatic heterocycles. The second-order valence-corrected chi connectivity index (χ2v) is 5.10. The van der Waals surface area contributed by atoms with E-state index in [4.69, 9.17) is 5.84 Å². The third-order valence-corrected chi connectivity index (χ3v) is 3.65. The Balaban J connectivity index is 2.29. The first-order chi connectivity index (χ1) is 6.69. The van der Waals surface area contributed by atoms with E-state index < -0.39 is 0 Å². The van der Waals surface area contributed by atoms with Crippen LogP contribution in [-0.2, 0) is 0 Å². The summed E-state index contributed by atoms with van der Waals surface area (Å²) in [5, 5.41) is 0. The van der Waals surface area contributed by atoms with Gasteiger partial charge in [0.25, 0.3) is 0 Å². The van der Waals surface area contributed by atoms with Crippen LogP contribution in [0.5, 0.6) is 0 Å². The third kappa shape index (κ3) is 3.58. The van der Waals surface area contributed by atoms with Gasteiger partial charge in [-0.1, -0.05) is 33.6 Å². The molecule has 0 heterocycles. The first-order valence-electron chi connectivity index (χ1n) is 6.15. The Bertz CT molecular complexity index is 154. The van der Waals surface area contributed by atoms with Gasteiger partial charge in [0.05, 0.1) is 0 Å². The van der Waals surface area contributed by atoms with Crippen LogP contribution in [0.15, 0.2) is 0 Å². The van der Waals surface area contributed by atoms with E-state index in [1.165, 1.54) is 32.1 Å². The number of nitrogens with one attached hydrogen (secondary N) is 1. The van der Waals surface area contributed by atoms with Crippen LogP contribution in [0.25, 0.3) is 0 Å². The summed E-state index contributed by atoms with van der Waals surface area (Å²) in [5.74, 6) is 8.15. The minimum absolute atomic E-state index is 0.532. The standard InChI is InChI=1S/C12H26N2/c1-4-5-9(2)8-12(14-13)10(3)11-6-7-11/h9-12,14H,4-8,13H2,1-3H3. The van der Waals surface area contributed by atoms with Crippen molar-refractivity contribution in [1.29, 1.82) is 0 Å². The van der Waals surface area contributed by atoms with Crippen molar-refractivity contribution in [1.82, 2.24) is 5.43 Å². The first-order valence-corrected chi connectivity index (χ1v) is 6.15. The molecule has 0 amide bonds. The van der Waals surface area contributed by atoms with Crippen LogP contribution >= 0.6 is 0 Å².